The van der Waals surface area contributed by atoms with E-state index in [1.54, 1.807) is 25.1 Å². The van der Waals surface area contributed by atoms with Gasteiger partial charge in [-0.25, -0.2) is 8.78 Å². The summed E-state index contributed by atoms with van der Waals surface area (Å²) in [5.74, 6) is -1.12. The van der Waals surface area contributed by atoms with Crippen molar-refractivity contribution in [1.29, 1.82) is 0 Å². The second-order valence-corrected chi connectivity index (χ2v) is 4.44. The van der Waals surface area contributed by atoms with Crippen LogP contribution in [0.4, 0.5) is 8.78 Å². The molecule has 20 heavy (non-hydrogen) atoms. The first-order valence-electron chi connectivity index (χ1n) is 6.01. The van der Waals surface area contributed by atoms with Crippen LogP contribution in [0.5, 0.6) is 5.75 Å². The van der Waals surface area contributed by atoms with Gasteiger partial charge < -0.3 is 14.8 Å². The largest absolute Gasteiger partial charge is 0.492 e. The molecule has 0 unspecified atom stereocenters. The Kier molecular flexibility index (Phi) is 4.37. The van der Waals surface area contributed by atoms with Crippen LogP contribution in [0.2, 0.25) is 0 Å². The van der Waals surface area contributed by atoms with Crippen molar-refractivity contribution >= 4 is 12.6 Å². The van der Waals surface area contributed by atoms with Crippen molar-refractivity contribution in [2.24, 2.45) is 0 Å². The van der Waals surface area contributed by atoms with Gasteiger partial charge in [-0.1, -0.05) is 17.7 Å². The zero-order valence-corrected chi connectivity index (χ0v) is 10.8. The summed E-state index contributed by atoms with van der Waals surface area (Å²) in [7, 11) is -1.68. The zero-order valence-electron chi connectivity index (χ0n) is 10.8. The molecule has 0 saturated carbocycles. The summed E-state index contributed by atoms with van der Waals surface area (Å²) in [5.41, 5.74) is 1.23. The molecule has 0 aliphatic heterocycles. The molecule has 0 radical (unpaired) electrons. The molecule has 0 saturated heterocycles. The van der Waals surface area contributed by atoms with E-state index in [0.29, 0.717) is 0 Å². The molecule has 2 N–H and O–H groups in total. The van der Waals surface area contributed by atoms with Gasteiger partial charge in [0.25, 0.3) is 0 Å². The van der Waals surface area contributed by atoms with Crippen LogP contribution in [0.25, 0.3) is 0 Å². The lowest BCUT2D eigenvalue weighted by Gasteiger charge is -2.12. The number of hydrogen-bond acceptors (Lipinski definition) is 3. The lowest BCUT2D eigenvalue weighted by molar-refractivity contribution is 0.300. The van der Waals surface area contributed by atoms with Crippen LogP contribution in [0.3, 0.4) is 0 Å². The van der Waals surface area contributed by atoms with Gasteiger partial charge in [-0.05, 0) is 25.1 Å². The highest BCUT2D eigenvalue weighted by Gasteiger charge is 2.17. The van der Waals surface area contributed by atoms with Crippen molar-refractivity contribution in [2.75, 3.05) is 0 Å². The second-order valence-electron chi connectivity index (χ2n) is 4.44. The maximum Gasteiger partial charge on any atom is 0.492 e. The maximum atomic E-state index is 13.5. The summed E-state index contributed by atoms with van der Waals surface area (Å²) >= 11 is 0. The summed E-state index contributed by atoms with van der Waals surface area (Å²) in [6.07, 6.45) is 0. The third kappa shape index (κ3) is 3.34. The molecular weight excluding hydrogens is 265 g/mol. The molecule has 0 fully saturated rings. The van der Waals surface area contributed by atoms with Crippen LogP contribution >= 0.6 is 0 Å². The van der Waals surface area contributed by atoms with E-state index < -0.39 is 18.8 Å². The zero-order chi connectivity index (χ0) is 14.7. The summed E-state index contributed by atoms with van der Waals surface area (Å²) in [4.78, 5) is 0. The molecule has 0 aromatic heterocycles. The molecule has 0 heterocycles. The van der Waals surface area contributed by atoms with Gasteiger partial charge in [0.2, 0.25) is 0 Å². The Morgan fingerprint density at radius 3 is 2.50 bits per heavy atom. The maximum absolute atomic E-state index is 13.5. The van der Waals surface area contributed by atoms with Gasteiger partial charge >= 0.3 is 7.12 Å². The van der Waals surface area contributed by atoms with E-state index in [-0.39, 0.29) is 23.4 Å². The topological polar surface area (TPSA) is 49.7 Å². The second kappa shape index (κ2) is 6.03. The number of rotatable bonds is 4. The minimum absolute atomic E-state index is 0.130. The molecule has 6 heteroatoms. The first-order valence-corrected chi connectivity index (χ1v) is 6.01. The molecule has 104 valence electrons. The Hall–Kier alpha value is -1.92. The molecule has 0 atom stereocenters. The van der Waals surface area contributed by atoms with Crippen LogP contribution in [0, 0.1) is 18.6 Å². The van der Waals surface area contributed by atoms with E-state index in [9.17, 15) is 18.8 Å². The van der Waals surface area contributed by atoms with E-state index in [0.717, 1.165) is 17.7 Å². The van der Waals surface area contributed by atoms with Crippen molar-refractivity contribution in [2.45, 2.75) is 13.5 Å². The Balaban J connectivity index is 2.18. The van der Waals surface area contributed by atoms with Gasteiger partial charge in [0.1, 0.15) is 24.0 Å². The molecule has 0 aliphatic rings. The third-order valence-corrected chi connectivity index (χ3v) is 2.84. The third-order valence-electron chi connectivity index (χ3n) is 2.84. The van der Waals surface area contributed by atoms with Crippen LogP contribution in [0.1, 0.15) is 11.1 Å². The number of benzene rings is 2. The summed E-state index contributed by atoms with van der Waals surface area (Å²) in [6.45, 7) is 1.67. The first kappa shape index (κ1) is 14.5. The molecule has 2 aromatic rings. The Morgan fingerprint density at radius 1 is 1.10 bits per heavy atom. The average Bonchev–Trinajstić information content (AvgIpc) is 2.38. The lowest BCUT2D eigenvalue weighted by atomic mass is 9.79. The minimum Gasteiger partial charge on any atom is -0.489 e. The number of ether oxygens (including phenoxy) is 1. The Labute approximate surface area is 115 Å². The molecule has 0 amide bonds. The van der Waals surface area contributed by atoms with Crippen LogP contribution < -0.4 is 10.2 Å². The van der Waals surface area contributed by atoms with Crippen LogP contribution in [0.15, 0.2) is 36.4 Å². The van der Waals surface area contributed by atoms with Crippen LogP contribution in [-0.4, -0.2) is 17.2 Å². The van der Waals surface area contributed by atoms with E-state index in [1.165, 1.54) is 6.07 Å². The lowest BCUT2D eigenvalue weighted by Crippen LogP contribution is -2.31. The Morgan fingerprint density at radius 2 is 1.85 bits per heavy atom. The molecule has 2 aromatic carbocycles. The fraction of sp³-hybridized carbons (Fsp3) is 0.143. The normalized spacial score (nSPS) is 10.4. The predicted octanol–water partition coefficient (Wildman–Crippen LogP) is 1.53. The van der Waals surface area contributed by atoms with E-state index in [2.05, 4.69) is 0 Å². The number of halogens is 2. The van der Waals surface area contributed by atoms with E-state index >= 15 is 0 Å². The SMILES string of the molecule is Cc1ccc(OCc2ccc(F)cc2F)c(B(O)O)c1. The summed E-state index contributed by atoms with van der Waals surface area (Å²) < 4.78 is 31.6. The summed E-state index contributed by atoms with van der Waals surface area (Å²) in [6, 6.07) is 8.08. The van der Waals surface area contributed by atoms with Gasteiger partial charge in [0.15, 0.2) is 0 Å². The molecule has 0 spiro atoms. The highest BCUT2D eigenvalue weighted by Crippen LogP contribution is 2.15. The van der Waals surface area contributed by atoms with E-state index in [1.807, 2.05) is 0 Å². The average molecular weight is 278 g/mol. The molecule has 3 nitrogen and oxygen atoms in total. The van der Waals surface area contributed by atoms with Gasteiger partial charge in [0, 0.05) is 17.1 Å². The Bertz CT molecular complexity index is 617. The number of hydrogen-bond donors (Lipinski definition) is 2. The highest BCUT2D eigenvalue weighted by atomic mass is 19.1. The van der Waals surface area contributed by atoms with Crippen molar-refractivity contribution in [3.63, 3.8) is 0 Å². The number of aryl methyl sites for hydroxylation is 1. The van der Waals surface area contributed by atoms with E-state index in [4.69, 9.17) is 4.74 Å². The van der Waals surface area contributed by atoms with Gasteiger partial charge in [-0.15, -0.1) is 0 Å². The molecule has 0 bridgehead atoms. The quantitative estimate of drug-likeness (QED) is 0.834. The van der Waals surface area contributed by atoms with Crippen LogP contribution in [-0.2, 0) is 6.61 Å². The molecular formula is C14H13BF2O3. The smallest absolute Gasteiger partial charge is 0.489 e. The van der Waals surface area contributed by atoms with Crippen molar-refractivity contribution in [3.05, 3.63) is 59.2 Å². The highest BCUT2D eigenvalue weighted by molar-refractivity contribution is 6.59. The fourth-order valence-electron chi connectivity index (χ4n) is 1.80. The van der Waals surface area contributed by atoms with Crippen molar-refractivity contribution in [1.82, 2.24) is 0 Å². The van der Waals surface area contributed by atoms with Crippen molar-refractivity contribution < 1.29 is 23.6 Å². The first-order chi connectivity index (χ1) is 9.47. The minimum atomic E-state index is -1.68. The fourth-order valence-corrected chi connectivity index (χ4v) is 1.80. The van der Waals surface area contributed by atoms with Gasteiger partial charge in [-0.3, -0.25) is 0 Å². The predicted molar refractivity (Wildman–Crippen MR) is 71.7 cm³/mol. The molecule has 2 rings (SSSR count). The van der Waals surface area contributed by atoms with Gasteiger partial charge in [0.05, 0.1) is 0 Å². The molecule has 0 aliphatic carbocycles. The van der Waals surface area contributed by atoms with Crippen molar-refractivity contribution in [3.8, 4) is 5.75 Å². The standard InChI is InChI=1S/C14H13BF2O3/c1-9-2-5-14(12(6-9)15(18)19)20-8-10-3-4-11(16)7-13(10)17/h2-7,18-19H,8H2,1H3. The monoisotopic (exact) mass is 278 g/mol. The summed E-state index contributed by atoms with van der Waals surface area (Å²) in [5, 5.41) is 18.5. The van der Waals surface area contributed by atoms with Gasteiger partial charge in [-0.2, -0.15) is 0 Å².